The van der Waals surface area contributed by atoms with Crippen LogP contribution in [-0.2, 0) is 13.5 Å². The summed E-state index contributed by atoms with van der Waals surface area (Å²) in [4.78, 5) is 25.5. The number of thiazole rings is 1. The van der Waals surface area contributed by atoms with Gasteiger partial charge in [0.25, 0.3) is 0 Å². The van der Waals surface area contributed by atoms with Gasteiger partial charge in [-0.2, -0.15) is 4.52 Å². The number of benzene rings is 1. The lowest BCUT2D eigenvalue weighted by Gasteiger charge is -2.12. The average Bonchev–Trinajstić information content (AvgIpc) is 3.41. The second kappa shape index (κ2) is 7.40. The van der Waals surface area contributed by atoms with Crippen molar-refractivity contribution in [2.24, 2.45) is 7.05 Å². The van der Waals surface area contributed by atoms with Crippen LogP contribution in [0.15, 0.2) is 58.3 Å². The van der Waals surface area contributed by atoms with Crippen molar-refractivity contribution < 1.29 is 4.39 Å². The van der Waals surface area contributed by atoms with Crippen LogP contribution in [0, 0.1) is 5.82 Å². The molecular weight excluding hydrogens is 417 g/mol. The lowest BCUT2D eigenvalue weighted by molar-refractivity contribution is 0.628. The molecular formula is C21H16FN7OS. The monoisotopic (exact) mass is 433 g/mol. The van der Waals surface area contributed by atoms with Crippen LogP contribution in [0.4, 0.5) is 10.3 Å². The summed E-state index contributed by atoms with van der Waals surface area (Å²) >= 11 is 1.50. The predicted octanol–water partition coefficient (Wildman–Crippen LogP) is 2.93. The highest BCUT2D eigenvalue weighted by Crippen LogP contribution is 2.34. The molecule has 154 valence electrons. The first-order valence-electron chi connectivity index (χ1n) is 9.35. The minimum Gasteiger partial charge on any atom is -0.368 e. The largest absolute Gasteiger partial charge is 0.368 e. The third-order valence-corrected chi connectivity index (χ3v) is 5.50. The number of rotatable bonds is 4. The molecule has 0 spiro atoms. The van der Waals surface area contributed by atoms with Crippen molar-refractivity contribution >= 4 is 22.9 Å². The molecule has 10 heteroatoms. The summed E-state index contributed by atoms with van der Waals surface area (Å²) in [6.07, 6.45) is 2.15. The molecule has 0 aliphatic rings. The van der Waals surface area contributed by atoms with E-state index in [1.807, 2.05) is 5.38 Å². The summed E-state index contributed by atoms with van der Waals surface area (Å²) in [6, 6.07) is 9.16. The molecule has 0 atom stereocenters. The molecule has 0 aliphatic heterocycles. The molecule has 1 aromatic carbocycles. The molecule has 2 N–H and O–H groups in total. The Labute approximate surface area is 179 Å². The van der Waals surface area contributed by atoms with Crippen LogP contribution in [0.3, 0.4) is 0 Å². The van der Waals surface area contributed by atoms with Crippen molar-refractivity contribution in [1.29, 1.82) is 0 Å². The van der Waals surface area contributed by atoms with E-state index in [1.54, 1.807) is 37.0 Å². The smallest absolute Gasteiger partial charge is 0.250 e. The summed E-state index contributed by atoms with van der Waals surface area (Å²) in [7, 11) is 1.67. The maximum atomic E-state index is 13.5. The molecule has 0 bridgehead atoms. The first-order valence-corrected chi connectivity index (χ1v) is 10.3. The number of aromatic nitrogens is 6. The SMILES string of the molecule is Cn1cc(-c2c(-c3ccc(F)cc3)nc(N)n3nc(Cc4cscn4)nc23)ccc1=O. The van der Waals surface area contributed by atoms with Crippen LogP contribution in [0.5, 0.6) is 0 Å². The number of nitrogens with zero attached hydrogens (tertiary/aromatic N) is 6. The molecule has 4 heterocycles. The Hall–Kier alpha value is -3.92. The van der Waals surface area contributed by atoms with Crippen molar-refractivity contribution in [3.63, 3.8) is 0 Å². The van der Waals surface area contributed by atoms with Gasteiger partial charge in [-0.15, -0.1) is 16.4 Å². The molecule has 0 radical (unpaired) electrons. The van der Waals surface area contributed by atoms with Gasteiger partial charge in [0.2, 0.25) is 11.5 Å². The fourth-order valence-corrected chi connectivity index (χ4v) is 3.94. The Bertz CT molecular complexity index is 1460. The third-order valence-electron chi connectivity index (χ3n) is 4.87. The fraction of sp³-hybridized carbons (Fsp3) is 0.0952. The third kappa shape index (κ3) is 3.46. The summed E-state index contributed by atoms with van der Waals surface area (Å²) < 4.78 is 16.5. The Morgan fingerprint density at radius 1 is 1.10 bits per heavy atom. The van der Waals surface area contributed by atoms with Crippen LogP contribution in [0.1, 0.15) is 11.5 Å². The van der Waals surface area contributed by atoms with Gasteiger partial charge in [-0.25, -0.2) is 19.3 Å². The minimum absolute atomic E-state index is 0.141. The van der Waals surface area contributed by atoms with Crippen molar-refractivity contribution in [3.8, 4) is 22.4 Å². The van der Waals surface area contributed by atoms with E-state index < -0.39 is 0 Å². The van der Waals surface area contributed by atoms with Crippen LogP contribution >= 0.6 is 11.3 Å². The minimum atomic E-state index is -0.352. The normalized spacial score (nSPS) is 11.3. The van der Waals surface area contributed by atoms with Crippen LogP contribution in [-0.4, -0.2) is 29.1 Å². The summed E-state index contributed by atoms with van der Waals surface area (Å²) in [5.41, 5.74) is 11.7. The number of pyridine rings is 1. The summed E-state index contributed by atoms with van der Waals surface area (Å²) in [5.74, 6) is 0.344. The Morgan fingerprint density at radius 3 is 2.58 bits per heavy atom. The van der Waals surface area contributed by atoms with Crippen LogP contribution < -0.4 is 11.3 Å². The number of anilines is 1. The number of hydrogen-bond donors (Lipinski definition) is 1. The number of fused-ring (bicyclic) bond motifs is 1. The summed E-state index contributed by atoms with van der Waals surface area (Å²) in [5, 5.41) is 6.45. The quantitative estimate of drug-likeness (QED) is 0.467. The second-order valence-corrected chi connectivity index (χ2v) is 7.71. The van der Waals surface area contributed by atoms with E-state index in [4.69, 9.17) is 10.7 Å². The lowest BCUT2D eigenvalue weighted by atomic mass is 10.0. The zero-order valence-electron chi connectivity index (χ0n) is 16.4. The van der Waals surface area contributed by atoms with Gasteiger partial charge in [0.1, 0.15) is 5.82 Å². The molecule has 5 aromatic rings. The predicted molar refractivity (Wildman–Crippen MR) is 116 cm³/mol. The zero-order valence-corrected chi connectivity index (χ0v) is 17.2. The van der Waals surface area contributed by atoms with Gasteiger partial charge in [0.15, 0.2) is 11.5 Å². The Kier molecular flexibility index (Phi) is 4.55. The van der Waals surface area contributed by atoms with E-state index in [-0.39, 0.29) is 17.3 Å². The molecule has 0 aliphatic carbocycles. The lowest BCUT2D eigenvalue weighted by Crippen LogP contribution is -2.14. The molecule has 0 saturated heterocycles. The van der Waals surface area contributed by atoms with Crippen molar-refractivity contribution in [1.82, 2.24) is 29.1 Å². The maximum absolute atomic E-state index is 13.5. The highest BCUT2D eigenvalue weighted by atomic mass is 32.1. The van der Waals surface area contributed by atoms with Crippen LogP contribution in [0.25, 0.3) is 28.0 Å². The highest BCUT2D eigenvalue weighted by Gasteiger charge is 2.20. The Morgan fingerprint density at radius 2 is 1.87 bits per heavy atom. The van der Waals surface area contributed by atoms with E-state index >= 15 is 0 Å². The van der Waals surface area contributed by atoms with Crippen molar-refractivity contribution in [3.05, 3.63) is 81.2 Å². The number of halogens is 1. The topological polar surface area (TPSA) is 104 Å². The zero-order chi connectivity index (χ0) is 21.5. The van der Waals surface area contributed by atoms with Crippen molar-refractivity contribution in [2.75, 3.05) is 5.73 Å². The molecule has 8 nitrogen and oxygen atoms in total. The van der Waals surface area contributed by atoms with Gasteiger partial charge in [0.05, 0.1) is 28.9 Å². The van der Waals surface area contributed by atoms with E-state index in [2.05, 4.69) is 15.1 Å². The number of aryl methyl sites for hydroxylation is 1. The van der Waals surface area contributed by atoms with Gasteiger partial charge >= 0.3 is 0 Å². The molecule has 0 unspecified atom stereocenters. The van der Waals surface area contributed by atoms with Gasteiger partial charge in [0, 0.05) is 35.8 Å². The van der Waals surface area contributed by atoms with Gasteiger partial charge in [-0.3, -0.25) is 4.79 Å². The first-order chi connectivity index (χ1) is 15.0. The second-order valence-electron chi connectivity index (χ2n) is 6.99. The molecule has 31 heavy (non-hydrogen) atoms. The molecule has 4 aromatic heterocycles. The average molecular weight is 433 g/mol. The highest BCUT2D eigenvalue weighted by molar-refractivity contribution is 7.07. The number of nitrogens with two attached hydrogens (primary N) is 1. The standard InChI is InChI=1S/C21H16FN7OS/c1-28-9-13(4-7-17(28)30)18-19(12-2-5-14(22)6-3-12)26-21(23)29-20(18)25-16(27-29)8-15-10-31-11-24-15/h2-7,9-11H,8H2,1H3,(H2,23,26). The molecule has 0 fully saturated rings. The van der Waals surface area contributed by atoms with Gasteiger partial charge in [-0.05, 0) is 30.3 Å². The molecule has 0 amide bonds. The van der Waals surface area contributed by atoms with E-state index in [0.717, 1.165) is 5.69 Å². The van der Waals surface area contributed by atoms with Crippen LogP contribution in [0.2, 0.25) is 0 Å². The van der Waals surface area contributed by atoms with Gasteiger partial charge in [-0.1, -0.05) is 0 Å². The number of hydrogen-bond acceptors (Lipinski definition) is 7. The molecule has 5 rings (SSSR count). The molecule has 0 saturated carbocycles. The van der Waals surface area contributed by atoms with E-state index in [1.165, 1.54) is 38.6 Å². The van der Waals surface area contributed by atoms with E-state index in [9.17, 15) is 9.18 Å². The number of nitrogen functional groups attached to an aromatic ring is 1. The summed E-state index contributed by atoms with van der Waals surface area (Å²) in [6.45, 7) is 0. The van der Waals surface area contributed by atoms with E-state index in [0.29, 0.717) is 40.3 Å². The van der Waals surface area contributed by atoms with Gasteiger partial charge < -0.3 is 10.3 Å². The fourth-order valence-electron chi connectivity index (χ4n) is 3.39. The first kappa shape index (κ1) is 19.1. The maximum Gasteiger partial charge on any atom is 0.250 e. The van der Waals surface area contributed by atoms with Crippen molar-refractivity contribution in [2.45, 2.75) is 6.42 Å². The Balaban J connectivity index is 1.79.